The van der Waals surface area contributed by atoms with E-state index in [1.807, 2.05) is 42.5 Å². The van der Waals surface area contributed by atoms with Crippen LogP contribution in [0.4, 0.5) is 11.6 Å². The van der Waals surface area contributed by atoms with Gasteiger partial charge in [-0.1, -0.05) is 30.3 Å². The zero-order chi connectivity index (χ0) is 18.2. The predicted molar refractivity (Wildman–Crippen MR) is 105 cm³/mol. The Labute approximate surface area is 156 Å². The van der Waals surface area contributed by atoms with Crippen LogP contribution in [-0.2, 0) is 0 Å². The lowest BCUT2D eigenvalue weighted by Gasteiger charge is -2.11. The van der Waals surface area contributed by atoms with Crippen LogP contribution < -0.4 is 10.1 Å². The van der Waals surface area contributed by atoms with Crippen LogP contribution in [0.3, 0.4) is 0 Å². The summed E-state index contributed by atoms with van der Waals surface area (Å²) in [6.45, 7) is 2.05. The molecule has 0 aliphatic heterocycles. The Morgan fingerprint density at radius 1 is 1.04 bits per heavy atom. The predicted octanol–water partition coefficient (Wildman–Crippen LogP) is 5.07. The summed E-state index contributed by atoms with van der Waals surface area (Å²) in [5.41, 5.74) is 3.04. The second kappa shape index (κ2) is 6.39. The molecule has 2 aromatic heterocycles. The lowest BCUT2D eigenvalue weighted by Crippen LogP contribution is -2.01. The first-order chi connectivity index (χ1) is 13.3. The number of anilines is 2. The molecule has 2 aromatic carbocycles. The highest BCUT2D eigenvalue weighted by Gasteiger charge is 2.26. The molecule has 0 spiro atoms. The zero-order valence-electron chi connectivity index (χ0n) is 14.9. The van der Waals surface area contributed by atoms with Crippen molar-refractivity contribution in [3.63, 3.8) is 0 Å². The number of ether oxygens (including phenoxy) is 1. The van der Waals surface area contributed by atoms with Gasteiger partial charge in [-0.3, -0.25) is 5.10 Å². The lowest BCUT2D eigenvalue weighted by atomic mass is 10.1. The highest BCUT2D eigenvalue weighted by molar-refractivity contribution is 5.93. The van der Waals surface area contributed by atoms with E-state index < -0.39 is 0 Å². The van der Waals surface area contributed by atoms with Crippen molar-refractivity contribution in [2.75, 3.05) is 5.32 Å². The van der Waals surface area contributed by atoms with Crippen LogP contribution in [0.2, 0.25) is 0 Å². The van der Waals surface area contributed by atoms with Crippen LogP contribution in [0.1, 0.15) is 30.0 Å². The van der Waals surface area contributed by atoms with Gasteiger partial charge in [0.1, 0.15) is 17.4 Å². The number of H-pyrrole nitrogens is 1. The van der Waals surface area contributed by atoms with Crippen LogP contribution in [0.15, 0.2) is 54.6 Å². The number of fused-ring (bicyclic) bond motifs is 1. The number of hydrogen-bond acceptors (Lipinski definition) is 5. The number of aromatic nitrogens is 4. The molecule has 1 fully saturated rings. The van der Waals surface area contributed by atoms with Gasteiger partial charge in [-0.25, -0.2) is 0 Å². The molecule has 0 atom stereocenters. The number of para-hydroxylation sites is 1. The molecule has 134 valence electrons. The van der Waals surface area contributed by atoms with Crippen molar-refractivity contribution >= 4 is 22.5 Å². The van der Waals surface area contributed by atoms with Gasteiger partial charge in [0.25, 0.3) is 0 Å². The summed E-state index contributed by atoms with van der Waals surface area (Å²) < 4.78 is 5.87. The fraction of sp³-hybridized carbons (Fsp3) is 0.190. The Bertz CT molecular complexity index is 1100. The van der Waals surface area contributed by atoms with Gasteiger partial charge in [0.2, 0.25) is 0 Å². The Morgan fingerprint density at radius 3 is 2.70 bits per heavy atom. The van der Waals surface area contributed by atoms with Gasteiger partial charge < -0.3 is 10.1 Å². The van der Waals surface area contributed by atoms with Gasteiger partial charge in [0.05, 0.1) is 11.2 Å². The third kappa shape index (κ3) is 3.21. The van der Waals surface area contributed by atoms with E-state index in [9.17, 15) is 0 Å². The number of aromatic amines is 1. The highest BCUT2D eigenvalue weighted by atomic mass is 16.5. The van der Waals surface area contributed by atoms with Crippen LogP contribution in [0.25, 0.3) is 10.9 Å². The SMILES string of the molecule is Cc1cccc2nc(Oc3ccccc3)nc(Nc3cc(C4CC4)n[nH]3)c12. The molecule has 4 aromatic rings. The molecule has 1 aliphatic rings. The average molecular weight is 357 g/mol. The van der Waals surface area contributed by atoms with E-state index >= 15 is 0 Å². The monoisotopic (exact) mass is 357 g/mol. The smallest absolute Gasteiger partial charge is 0.324 e. The van der Waals surface area contributed by atoms with E-state index in [1.54, 1.807) is 0 Å². The Balaban J connectivity index is 1.55. The Hall–Kier alpha value is -3.41. The van der Waals surface area contributed by atoms with Gasteiger partial charge in [0, 0.05) is 17.4 Å². The molecule has 1 saturated carbocycles. The van der Waals surface area contributed by atoms with Gasteiger partial charge in [0.15, 0.2) is 0 Å². The van der Waals surface area contributed by atoms with Crippen molar-refractivity contribution in [1.82, 2.24) is 20.2 Å². The molecule has 0 radical (unpaired) electrons. The van der Waals surface area contributed by atoms with Crippen molar-refractivity contribution in [2.24, 2.45) is 0 Å². The molecule has 27 heavy (non-hydrogen) atoms. The Morgan fingerprint density at radius 2 is 1.89 bits per heavy atom. The second-order valence-corrected chi connectivity index (χ2v) is 6.84. The van der Waals surface area contributed by atoms with E-state index in [-0.39, 0.29) is 0 Å². The summed E-state index contributed by atoms with van der Waals surface area (Å²) in [5.74, 6) is 2.83. The fourth-order valence-electron chi connectivity index (χ4n) is 3.18. The van der Waals surface area contributed by atoms with E-state index in [0.29, 0.717) is 23.5 Å². The minimum absolute atomic E-state index is 0.309. The quantitative estimate of drug-likeness (QED) is 0.521. The zero-order valence-corrected chi connectivity index (χ0v) is 14.9. The van der Waals surface area contributed by atoms with Gasteiger partial charge in [-0.2, -0.15) is 15.1 Å². The minimum Gasteiger partial charge on any atom is -0.424 e. The minimum atomic E-state index is 0.309. The number of aryl methyl sites for hydroxylation is 1. The molecular formula is C21H19N5O. The third-order valence-electron chi connectivity index (χ3n) is 4.71. The first-order valence-electron chi connectivity index (χ1n) is 9.09. The maximum atomic E-state index is 5.87. The topological polar surface area (TPSA) is 75.7 Å². The van der Waals surface area contributed by atoms with E-state index in [4.69, 9.17) is 4.74 Å². The normalized spacial score (nSPS) is 13.7. The standard InChI is InChI=1S/C21H19N5O/c1-13-6-5-9-16-19(13)20(23-18-12-17(25-26-18)14-10-11-14)24-21(22-16)27-15-7-3-2-4-8-15/h2-9,12,14H,10-11H2,1H3,(H2,22,23,24,25,26). The summed E-state index contributed by atoms with van der Waals surface area (Å²) in [6, 6.07) is 17.9. The molecular weight excluding hydrogens is 338 g/mol. The van der Waals surface area contributed by atoms with E-state index in [2.05, 4.69) is 44.5 Å². The Kier molecular flexibility index (Phi) is 3.74. The molecule has 0 amide bonds. The van der Waals surface area contributed by atoms with Crippen molar-refractivity contribution in [2.45, 2.75) is 25.7 Å². The third-order valence-corrected chi connectivity index (χ3v) is 4.71. The van der Waals surface area contributed by atoms with Gasteiger partial charge in [-0.15, -0.1) is 0 Å². The molecule has 0 bridgehead atoms. The largest absolute Gasteiger partial charge is 0.424 e. The van der Waals surface area contributed by atoms with Crippen molar-refractivity contribution in [1.29, 1.82) is 0 Å². The van der Waals surface area contributed by atoms with E-state index in [1.165, 1.54) is 12.8 Å². The van der Waals surface area contributed by atoms with E-state index in [0.717, 1.165) is 28.0 Å². The van der Waals surface area contributed by atoms with Crippen LogP contribution in [0, 0.1) is 6.92 Å². The highest BCUT2D eigenvalue weighted by Crippen LogP contribution is 2.40. The maximum absolute atomic E-state index is 5.87. The number of nitrogens with zero attached hydrogens (tertiary/aromatic N) is 3. The summed E-state index contributed by atoms with van der Waals surface area (Å²) in [7, 11) is 0. The van der Waals surface area contributed by atoms with Gasteiger partial charge >= 0.3 is 6.01 Å². The number of rotatable bonds is 5. The van der Waals surface area contributed by atoms with Gasteiger partial charge in [-0.05, 0) is 43.5 Å². The molecule has 0 unspecified atom stereocenters. The molecule has 2 N–H and O–H groups in total. The first kappa shape index (κ1) is 15.8. The van der Waals surface area contributed by atoms with Crippen LogP contribution in [0.5, 0.6) is 11.8 Å². The fourth-order valence-corrected chi connectivity index (χ4v) is 3.18. The summed E-state index contributed by atoms with van der Waals surface area (Å²) >= 11 is 0. The number of nitrogens with one attached hydrogen (secondary N) is 2. The number of benzene rings is 2. The molecule has 6 heteroatoms. The summed E-state index contributed by atoms with van der Waals surface area (Å²) in [5, 5.41) is 11.8. The second-order valence-electron chi connectivity index (χ2n) is 6.84. The van der Waals surface area contributed by atoms with Crippen molar-refractivity contribution in [3.8, 4) is 11.8 Å². The molecule has 5 rings (SSSR count). The van der Waals surface area contributed by atoms with Crippen LogP contribution in [-0.4, -0.2) is 20.2 Å². The molecule has 6 nitrogen and oxygen atoms in total. The summed E-state index contributed by atoms with van der Waals surface area (Å²) in [6.07, 6.45) is 2.43. The average Bonchev–Trinajstić information content (AvgIpc) is 3.42. The maximum Gasteiger partial charge on any atom is 0.324 e. The van der Waals surface area contributed by atoms with Crippen molar-refractivity contribution in [3.05, 3.63) is 65.9 Å². The van der Waals surface area contributed by atoms with Crippen LogP contribution >= 0.6 is 0 Å². The molecule has 1 aliphatic carbocycles. The molecule has 0 saturated heterocycles. The van der Waals surface area contributed by atoms with Crippen molar-refractivity contribution < 1.29 is 4.74 Å². The lowest BCUT2D eigenvalue weighted by molar-refractivity contribution is 0.445. The molecule has 2 heterocycles. The number of hydrogen-bond donors (Lipinski definition) is 2. The first-order valence-corrected chi connectivity index (χ1v) is 9.09. The summed E-state index contributed by atoms with van der Waals surface area (Å²) in [4.78, 5) is 9.21.